The third kappa shape index (κ3) is 3.98. The Bertz CT molecular complexity index is 387. The summed E-state index contributed by atoms with van der Waals surface area (Å²) in [6.45, 7) is 0. The Morgan fingerprint density at radius 1 is 1.60 bits per heavy atom. The van der Waals surface area contributed by atoms with E-state index < -0.39 is 12.0 Å². The Labute approximate surface area is 93.7 Å². The van der Waals surface area contributed by atoms with E-state index >= 15 is 0 Å². The van der Waals surface area contributed by atoms with Crippen molar-refractivity contribution >= 4 is 18.4 Å². The standard InChI is InChI=1S/C10H10N2O2.ClH/c11-6-7-2-1-3-8(4-7)9(12)5-10(13)14;/h1-4,9H,5,12H2,(H,13,14);1H/t9-;/m1./s1. The maximum absolute atomic E-state index is 10.4. The molecule has 80 valence electrons. The molecule has 1 aromatic carbocycles. The molecule has 0 spiro atoms. The van der Waals surface area contributed by atoms with Gasteiger partial charge in [0.05, 0.1) is 18.1 Å². The van der Waals surface area contributed by atoms with Crippen LogP contribution in [0.15, 0.2) is 24.3 Å². The van der Waals surface area contributed by atoms with Crippen LogP contribution >= 0.6 is 12.4 Å². The van der Waals surface area contributed by atoms with Crippen LogP contribution in [-0.2, 0) is 4.79 Å². The SMILES string of the molecule is Cl.N#Cc1cccc([C@H](N)CC(=O)O)c1. The van der Waals surface area contributed by atoms with Gasteiger partial charge in [0.1, 0.15) is 0 Å². The van der Waals surface area contributed by atoms with Crippen molar-refractivity contribution in [2.45, 2.75) is 12.5 Å². The highest BCUT2D eigenvalue weighted by atomic mass is 35.5. The molecule has 0 bridgehead atoms. The summed E-state index contributed by atoms with van der Waals surface area (Å²) in [6.07, 6.45) is -0.130. The molecule has 0 aliphatic carbocycles. The van der Waals surface area contributed by atoms with Crippen LogP contribution in [-0.4, -0.2) is 11.1 Å². The summed E-state index contributed by atoms with van der Waals surface area (Å²) in [4.78, 5) is 10.4. The molecule has 0 fully saturated rings. The van der Waals surface area contributed by atoms with E-state index in [0.717, 1.165) is 0 Å². The van der Waals surface area contributed by atoms with Gasteiger partial charge in [-0.2, -0.15) is 5.26 Å². The highest BCUT2D eigenvalue weighted by Gasteiger charge is 2.10. The van der Waals surface area contributed by atoms with Gasteiger partial charge in [-0.15, -0.1) is 12.4 Å². The maximum Gasteiger partial charge on any atom is 0.305 e. The van der Waals surface area contributed by atoms with Crippen LogP contribution in [0.4, 0.5) is 0 Å². The topological polar surface area (TPSA) is 87.1 Å². The highest BCUT2D eigenvalue weighted by molar-refractivity contribution is 5.85. The number of carboxylic acid groups (broad SMARTS) is 1. The van der Waals surface area contributed by atoms with E-state index in [1.54, 1.807) is 24.3 Å². The molecule has 0 aliphatic heterocycles. The first kappa shape index (κ1) is 13.4. The van der Waals surface area contributed by atoms with Crippen LogP contribution in [0.1, 0.15) is 23.6 Å². The van der Waals surface area contributed by atoms with Crippen LogP contribution < -0.4 is 5.73 Å². The van der Waals surface area contributed by atoms with Gasteiger partial charge in [0.25, 0.3) is 0 Å². The minimum absolute atomic E-state index is 0. The van der Waals surface area contributed by atoms with Crippen molar-refractivity contribution in [1.29, 1.82) is 5.26 Å². The molecule has 0 radical (unpaired) electrons. The molecule has 4 nitrogen and oxygen atoms in total. The van der Waals surface area contributed by atoms with E-state index in [1.165, 1.54) is 0 Å². The van der Waals surface area contributed by atoms with Crippen molar-refractivity contribution in [1.82, 2.24) is 0 Å². The van der Waals surface area contributed by atoms with Crippen LogP contribution in [0.5, 0.6) is 0 Å². The lowest BCUT2D eigenvalue weighted by atomic mass is 10.0. The van der Waals surface area contributed by atoms with Crippen molar-refractivity contribution in [3.05, 3.63) is 35.4 Å². The molecule has 1 aromatic rings. The zero-order chi connectivity index (χ0) is 10.6. The fourth-order valence-electron chi connectivity index (χ4n) is 1.14. The Morgan fingerprint density at radius 3 is 2.80 bits per heavy atom. The van der Waals surface area contributed by atoms with Gasteiger partial charge in [-0.25, -0.2) is 0 Å². The fourth-order valence-corrected chi connectivity index (χ4v) is 1.14. The van der Waals surface area contributed by atoms with Gasteiger partial charge in [-0.3, -0.25) is 4.79 Å². The van der Waals surface area contributed by atoms with Crippen molar-refractivity contribution in [3.8, 4) is 6.07 Å². The summed E-state index contributed by atoms with van der Waals surface area (Å²) in [7, 11) is 0. The number of halogens is 1. The van der Waals surface area contributed by atoms with E-state index in [4.69, 9.17) is 16.1 Å². The molecule has 0 aliphatic rings. The average Bonchev–Trinajstić information content (AvgIpc) is 2.17. The smallest absolute Gasteiger partial charge is 0.305 e. The molecule has 5 heteroatoms. The van der Waals surface area contributed by atoms with E-state index in [9.17, 15) is 4.79 Å². The van der Waals surface area contributed by atoms with Gasteiger partial charge < -0.3 is 10.8 Å². The molecule has 0 saturated carbocycles. The third-order valence-electron chi connectivity index (χ3n) is 1.84. The molecule has 1 atom stereocenters. The van der Waals surface area contributed by atoms with E-state index in [-0.39, 0.29) is 18.8 Å². The van der Waals surface area contributed by atoms with Crippen LogP contribution in [0.2, 0.25) is 0 Å². The van der Waals surface area contributed by atoms with Gasteiger partial charge in [0, 0.05) is 6.04 Å². The number of carboxylic acids is 1. The molecule has 0 amide bonds. The monoisotopic (exact) mass is 226 g/mol. The number of nitrogens with two attached hydrogens (primary N) is 1. The number of nitriles is 1. The Hall–Kier alpha value is -1.57. The number of aliphatic carboxylic acids is 1. The van der Waals surface area contributed by atoms with Crippen molar-refractivity contribution in [2.75, 3.05) is 0 Å². The van der Waals surface area contributed by atoms with E-state index in [0.29, 0.717) is 11.1 Å². The lowest BCUT2D eigenvalue weighted by Crippen LogP contribution is -2.14. The molecule has 0 aromatic heterocycles. The van der Waals surface area contributed by atoms with Gasteiger partial charge in [-0.1, -0.05) is 12.1 Å². The fraction of sp³-hybridized carbons (Fsp3) is 0.200. The summed E-state index contributed by atoms with van der Waals surface area (Å²) in [5.41, 5.74) is 6.79. The summed E-state index contributed by atoms with van der Waals surface area (Å²) in [5.74, 6) is -0.945. The second kappa shape index (κ2) is 6.02. The Kier molecular flexibility index (Phi) is 5.39. The number of nitrogens with zero attached hydrogens (tertiary/aromatic N) is 1. The molecule has 1 rings (SSSR count). The van der Waals surface area contributed by atoms with E-state index in [2.05, 4.69) is 0 Å². The normalized spacial score (nSPS) is 10.9. The van der Waals surface area contributed by atoms with Crippen molar-refractivity contribution in [2.24, 2.45) is 5.73 Å². The highest BCUT2D eigenvalue weighted by Crippen LogP contribution is 2.14. The molecule has 0 unspecified atom stereocenters. The minimum atomic E-state index is -0.945. The summed E-state index contributed by atoms with van der Waals surface area (Å²) >= 11 is 0. The number of carbonyl (C=O) groups is 1. The van der Waals surface area contributed by atoms with Crippen molar-refractivity contribution in [3.63, 3.8) is 0 Å². The first-order valence-corrected chi connectivity index (χ1v) is 4.11. The third-order valence-corrected chi connectivity index (χ3v) is 1.84. The second-order valence-electron chi connectivity index (χ2n) is 2.94. The van der Waals surface area contributed by atoms with Gasteiger partial charge in [-0.05, 0) is 17.7 Å². The zero-order valence-corrected chi connectivity index (χ0v) is 8.70. The largest absolute Gasteiger partial charge is 0.481 e. The lowest BCUT2D eigenvalue weighted by molar-refractivity contribution is -0.137. The van der Waals surface area contributed by atoms with Crippen LogP contribution in [0.3, 0.4) is 0 Å². The van der Waals surface area contributed by atoms with Gasteiger partial charge in [0.15, 0.2) is 0 Å². The first-order valence-electron chi connectivity index (χ1n) is 4.11. The maximum atomic E-state index is 10.4. The number of benzene rings is 1. The first-order chi connectivity index (χ1) is 6.63. The number of hydrogen-bond acceptors (Lipinski definition) is 3. The lowest BCUT2D eigenvalue weighted by Gasteiger charge is -2.08. The van der Waals surface area contributed by atoms with Crippen LogP contribution in [0, 0.1) is 11.3 Å². The van der Waals surface area contributed by atoms with Gasteiger partial charge in [0.2, 0.25) is 0 Å². The summed E-state index contributed by atoms with van der Waals surface area (Å²) < 4.78 is 0. The number of hydrogen-bond donors (Lipinski definition) is 2. The Morgan fingerprint density at radius 2 is 2.27 bits per heavy atom. The predicted molar refractivity (Wildman–Crippen MR) is 57.6 cm³/mol. The second-order valence-corrected chi connectivity index (χ2v) is 2.94. The molecule has 0 saturated heterocycles. The van der Waals surface area contributed by atoms with Gasteiger partial charge >= 0.3 is 5.97 Å². The van der Waals surface area contributed by atoms with Crippen molar-refractivity contribution < 1.29 is 9.90 Å². The molecule has 3 N–H and O–H groups in total. The Balaban J connectivity index is 0.00000196. The molecule has 15 heavy (non-hydrogen) atoms. The summed E-state index contributed by atoms with van der Waals surface area (Å²) in [5, 5.41) is 17.1. The quantitative estimate of drug-likeness (QED) is 0.817. The zero-order valence-electron chi connectivity index (χ0n) is 7.88. The van der Waals surface area contributed by atoms with E-state index in [1.807, 2.05) is 6.07 Å². The minimum Gasteiger partial charge on any atom is -0.481 e. The molecular weight excluding hydrogens is 216 g/mol. The summed E-state index contributed by atoms with van der Waals surface area (Å²) in [6, 6.07) is 8.08. The molecular formula is C10H11ClN2O2. The average molecular weight is 227 g/mol. The molecule has 0 heterocycles. The predicted octanol–water partition coefficient (Wildman–Crippen LogP) is 1.45. The number of rotatable bonds is 3. The van der Waals surface area contributed by atoms with Crippen LogP contribution in [0.25, 0.3) is 0 Å².